The van der Waals surface area contributed by atoms with Gasteiger partial charge >= 0.3 is 5.97 Å². The monoisotopic (exact) mass is 282 g/mol. The maximum Gasteiger partial charge on any atom is 0.324 e. The molecule has 0 aromatic carbocycles. The van der Waals surface area contributed by atoms with Gasteiger partial charge in [-0.2, -0.15) is 0 Å². The summed E-state index contributed by atoms with van der Waals surface area (Å²) in [5.74, 6) is -0.663. The Morgan fingerprint density at radius 1 is 1.20 bits per heavy atom. The van der Waals surface area contributed by atoms with Crippen LogP contribution in [0.1, 0.15) is 52.4 Å². The molecule has 0 aliphatic carbocycles. The molecule has 0 bridgehead atoms. The normalized spacial score (nSPS) is 28.8. The lowest BCUT2D eigenvalue weighted by Crippen LogP contribution is -2.58. The van der Waals surface area contributed by atoms with Crippen LogP contribution in [0.5, 0.6) is 0 Å². The Morgan fingerprint density at radius 3 is 2.40 bits per heavy atom. The van der Waals surface area contributed by atoms with Gasteiger partial charge in [-0.3, -0.25) is 14.5 Å². The Hall–Kier alpha value is -1.10. The zero-order chi connectivity index (χ0) is 14.8. The highest BCUT2D eigenvalue weighted by molar-refractivity contribution is 5.85. The molecule has 114 valence electrons. The molecule has 2 aliphatic rings. The second-order valence-electron chi connectivity index (χ2n) is 6.09. The van der Waals surface area contributed by atoms with Crippen LogP contribution in [0.15, 0.2) is 0 Å². The minimum Gasteiger partial charge on any atom is -0.480 e. The smallest absolute Gasteiger partial charge is 0.324 e. The van der Waals surface area contributed by atoms with Crippen molar-refractivity contribution in [1.82, 2.24) is 9.80 Å². The third-order valence-electron chi connectivity index (χ3n) is 4.84. The fourth-order valence-electron chi connectivity index (χ4n) is 3.82. The lowest BCUT2D eigenvalue weighted by molar-refractivity contribution is -0.154. The molecule has 5 heteroatoms. The van der Waals surface area contributed by atoms with Crippen LogP contribution in [-0.2, 0) is 9.59 Å². The summed E-state index contributed by atoms with van der Waals surface area (Å²) in [5.41, 5.74) is -0.830. The van der Waals surface area contributed by atoms with Crippen molar-refractivity contribution in [3.05, 3.63) is 0 Å². The van der Waals surface area contributed by atoms with Crippen LogP contribution < -0.4 is 0 Å². The fraction of sp³-hybridized carbons (Fsp3) is 0.867. The standard InChI is InChI=1S/C15H26N2O3/c1-3-7-15(14(19)20)8-6-11-17(15)12(2)13(18)16-9-4-5-10-16/h12H,3-11H2,1-2H3,(H,19,20). The van der Waals surface area contributed by atoms with Gasteiger partial charge < -0.3 is 10.0 Å². The van der Waals surface area contributed by atoms with Crippen molar-refractivity contribution in [2.45, 2.75) is 64.0 Å². The van der Waals surface area contributed by atoms with Crippen molar-refractivity contribution < 1.29 is 14.7 Å². The van der Waals surface area contributed by atoms with E-state index >= 15 is 0 Å². The van der Waals surface area contributed by atoms with Crippen molar-refractivity contribution in [2.24, 2.45) is 0 Å². The first kappa shape index (κ1) is 15.3. The predicted molar refractivity (Wildman–Crippen MR) is 76.5 cm³/mol. The van der Waals surface area contributed by atoms with Gasteiger partial charge in [0, 0.05) is 19.6 Å². The molecule has 2 atom stereocenters. The van der Waals surface area contributed by atoms with Crippen LogP contribution in [0.2, 0.25) is 0 Å². The third-order valence-corrected chi connectivity index (χ3v) is 4.84. The summed E-state index contributed by atoms with van der Waals surface area (Å²) in [5, 5.41) is 9.69. The quantitative estimate of drug-likeness (QED) is 0.834. The van der Waals surface area contributed by atoms with Crippen molar-refractivity contribution in [3.8, 4) is 0 Å². The van der Waals surface area contributed by atoms with E-state index < -0.39 is 11.5 Å². The molecule has 0 saturated carbocycles. The van der Waals surface area contributed by atoms with E-state index in [9.17, 15) is 14.7 Å². The summed E-state index contributed by atoms with van der Waals surface area (Å²) in [4.78, 5) is 28.2. The van der Waals surface area contributed by atoms with E-state index in [-0.39, 0.29) is 11.9 Å². The summed E-state index contributed by atoms with van der Waals surface area (Å²) < 4.78 is 0. The van der Waals surface area contributed by atoms with Crippen LogP contribution in [-0.4, -0.2) is 58.0 Å². The average molecular weight is 282 g/mol. The van der Waals surface area contributed by atoms with Crippen molar-refractivity contribution in [1.29, 1.82) is 0 Å². The topological polar surface area (TPSA) is 60.9 Å². The predicted octanol–water partition coefficient (Wildman–Crippen LogP) is 1.72. The number of likely N-dealkylation sites (tertiary alicyclic amines) is 2. The number of hydrogen-bond donors (Lipinski definition) is 1. The maximum atomic E-state index is 12.5. The van der Waals surface area contributed by atoms with Crippen LogP contribution in [0, 0.1) is 0 Å². The van der Waals surface area contributed by atoms with E-state index in [1.54, 1.807) is 0 Å². The van der Waals surface area contributed by atoms with Gasteiger partial charge in [-0.05, 0) is 39.0 Å². The van der Waals surface area contributed by atoms with E-state index in [0.29, 0.717) is 19.4 Å². The Labute approximate surface area is 120 Å². The molecule has 0 spiro atoms. The maximum absolute atomic E-state index is 12.5. The molecule has 5 nitrogen and oxygen atoms in total. The summed E-state index contributed by atoms with van der Waals surface area (Å²) in [7, 11) is 0. The molecular formula is C15H26N2O3. The summed E-state index contributed by atoms with van der Waals surface area (Å²) >= 11 is 0. The lowest BCUT2D eigenvalue weighted by atomic mass is 9.89. The largest absolute Gasteiger partial charge is 0.480 e. The Bertz CT molecular complexity index is 379. The van der Waals surface area contributed by atoms with Gasteiger partial charge in [-0.15, -0.1) is 0 Å². The van der Waals surface area contributed by atoms with Gasteiger partial charge in [0.15, 0.2) is 0 Å². The minimum absolute atomic E-state index is 0.103. The molecule has 0 aromatic rings. The number of hydrogen-bond acceptors (Lipinski definition) is 3. The van der Waals surface area contributed by atoms with Crippen LogP contribution in [0.3, 0.4) is 0 Å². The van der Waals surface area contributed by atoms with E-state index in [1.807, 2.05) is 23.6 Å². The SMILES string of the molecule is CCCC1(C(=O)O)CCCN1C(C)C(=O)N1CCCC1. The molecule has 2 aliphatic heterocycles. The van der Waals surface area contributed by atoms with Crippen molar-refractivity contribution >= 4 is 11.9 Å². The first-order valence-electron chi connectivity index (χ1n) is 7.82. The van der Waals surface area contributed by atoms with Crippen molar-refractivity contribution in [2.75, 3.05) is 19.6 Å². The van der Waals surface area contributed by atoms with E-state index in [0.717, 1.165) is 38.8 Å². The molecule has 2 unspecified atom stereocenters. The number of rotatable bonds is 5. The zero-order valence-electron chi connectivity index (χ0n) is 12.6. The zero-order valence-corrected chi connectivity index (χ0v) is 12.6. The summed E-state index contributed by atoms with van der Waals surface area (Å²) in [6.45, 7) is 6.25. The average Bonchev–Trinajstić information content (AvgIpc) is 3.07. The van der Waals surface area contributed by atoms with Crippen molar-refractivity contribution in [3.63, 3.8) is 0 Å². The molecule has 2 saturated heterocycles. The number of nitrogens with zero attached hydrogens (tertiary/aromatic N) is 2. The van der Waals surface area contributed by atoms with Gasteiger partial charge in [0.25, 0.3) is 0 Å². The second-order valence-corrected chi connectivity index (χ2v) is 6.09. The van der Waals surface area contributed by atoms with Crippen LogP contribution in [0.4, 0.5) is 0 Å². The fourth-order valence-corrected chi connectivity index (χ4v) is 3.82. The first-order chi connectivity index (χ1) is 9.53. The second kappa shape index (κ2) is 6.12. The molecule has 0 radical (unpaired) electrons. The van der Waals surface area contributed by atoms with Gasteiger partial charge in [0.05, 0.1) is 6.04 Å². The van der Waals surface area contributed by atoms with E-state index in [4.69, 9.17) is 0 Å². The molecule has 2 fully saturated rings. The number of amides is 1. The van der Waals surface area contributed by atoms with Gasteiger partial charge in [0.2, 0.25) is 5.91 Å². The number of carboxylic acid groups (broad SMARTS) is 1. The number of aliphatic carboxylic acids is 1. The number of carboxylic acids is 1. The Morgan fingerprint density at radius 2 is 1.85 bits per heavy atom. The van der Waals surface area contributed by atoms with Gasteiger partial charge in [0.1, 0.15) is 5.54 Å². The molecule has 2 rings (SSSR count). The molecular weight excluding hydrogens is 256 g/mol. The number of carbonyl (C=O) groups is 2. The van der Waals surface area contributed by atoms with Gasteiger partial charge in [-0.1, -0.05) is 13.3 Å². The lowest BCUT2D eigenvalue weighted by Gasteiger charge is -2.39. The minimum atomic E-state index is -0.830. The highest BCUT2D eigenvalue weighted by Gasteiger charge is 2.50. The van der Waals surface area contributed by atoms with Crippen LogP contribution >= 0.6 is 0 Å². The molecule has 1 amide bonds. The van der Waals surface area contributed by atoms with Gasteiger partial charge in [-0.25, -0.2) is 0 Å². The molecule has 20 heavy (non-hydrogen) atoms. The Balaban J connectivity index is 2.16. The highest BCUT2D eigenvalue weighted by Crippen LogP contribution is 2.36. The first-order valence-corrected chi connectivity index (χ1v) is 7.82. The Kier molecular flexibility index (Phi) is 4.68. The van der Waals surface area contributed by atoms with E-state index in [1.165, 1.54) is 0 Å². The van der Waals surface area contributed by atoms with E-state index in [2.05, 4.69) is 0 Å². The summed E-state index contributed by atoms with van der Waals surface area (Å²) in [6.07, 6.45) is 5.11. The van der Waals surface area contributed by atoms with Crippen LogP contribution in [0.25, 0.3) is 0 Å². The highest BCUT2D eigenvalue weighted by atomic mass is 16.4. The number of carbonyl (C=O) groups excluding carboxylic acids is 1. The summed E-state index contributed by atoms with van der Waals surface area (Å²) in [6, 6.07) is -0.321. The molecule has 1 N–H and O–H groups in total. The third kappa shape index (κ3) is 2.55. The molecule has 2 heterocycles. The molecule has 0 aromatic heterocycles.